The number of hydrazine groups is 1. The predicted octanol–water partition coefficient (Wildman–Crippen LogP) is 2.16. The zero-order valence-electron chi connectivity index (χ0n) is 10.3. The van der Waals surface area contributed by atoms with Crippen molar-refractivity contribution in [1.29, 1.82) is 0 Å². The lowest BCUT2D eigenvalue weighted by atomic mass is 10.1. The second kappa shape index (κ2) is 6.26. The number of nitrogen functional groups attached to an aromatic ring is 2. The van der Waals surface area contributed by atoms with Gasteiger partial charge in [0.05, 0.1) is 0 Å². The molecule has 2 aromatic rings. The summed E-state index contributed by atoms with van der Waals surface area (Å²) in [6, 6.07) is 15.1. The normalized spacial score (nSPS) is 10.2. The van der Waals surface area contributed by atoms with Crippen LogP contribution in [0, 0.1) is 0 Å². The fraction of sp³-hybridized carbons (Fsp3) is 0.0714. The molecule has 0 saturated heterocycles. The van der Waals surface area contributed by atoms with Gasteiger partial charge in [0, 0.05) is 21.9 Å². The lowest BCUT2D eigenvalue weighted by molar-refractivity contribution is 0.0953. The Morgan fingerprint density at radius 3 is 2.68 bits per heavy atom. The molecule has 0 aromatic heterocycles. The fourth-order valence-corrected chi connectivity index (χ4v) is 2.57. The number of thioether (sulfide) groups is 1. The first kappa shape index (κ1) is 13.5. The molecule has 0 fully saturated rings. The Morgan fingerprint density at radius 2 is 1.95 bits per heavy atom. The van der Waals surface area contributed by atoms with E-state index in [0.29, 0.717) is 5.56 Å². The topological polar surface area (TPSA) is 81.1 Å². The van der Waals surface area contributed by atoms with Crippen LogP contribution in [-0.4, -0.2) is 5.91 Å². The Bertz CT molecular complexity index is 586. The van der Waals surface area contributed by atoms with E-state index in [2.05, 4.69) is 5.43 Å². The highest BCUT2D eigenvalue weighted by atomic mass is 32.2. The molecular weight excluding hydrogens is 258 g/mol. The first-order valence-corrected chi connectivity index (χ1v) is 6.76. The highest BCUT2D eigenvalue weighted by Gasteiger charge is 2.05. The minimum Gasteiger partial charge on any atom is -0.398 e. The summed E-state index contributed by atoms with van der Waals surface area (Å²) in [6.45, 7) is 0. The average molecular weight is 273 g/mol. The van der Waals surface area contributed by atoms with Crippen LogP contribution in [-0.2, 0) is 5.75 Å². The van der Waals surface area contributed by atoms with Crippen molar-refractivity contribution in [2.45, 2.75) is 10.6 Å². The summed E-state index contributed by atoms with van der Waals surface area (Å²) in [5.41, 5.74) is 10.4. The van der Waals surface area contributed by atoms with Gasteiger partial charge in [-0.2, -0.15) is 0 Å². The number of hydrogen-bond donors (Lipinski definition) is 3. The molecular formula is C14H15N3OS. The highest BCUT2D eigenvalue weighted by molar-refractivity contribution is 7.98. The molecule has 2 rings (SSSR count). The summed E-state index contributed by atoms with van der Waals surface area (Å²) in [5, 5.41) is 0. The SMILES string of the molecule is NNC(=O)c1cccc(CSc2ccccc2N)c1. The summed E-state index contributed by atoms with van der Waals surface area (Å²) in [4.78, 5) is 12.5. The van der Waals surface area contributed by atoms with Crippen molar-refractivity contribution >= 4 is 23.4 Å². The van der Waals surface area contributed by atoms with E-state index in [-0.39, 0.29) is 5.91 Å². The van der Waals surface area contributed by atoms with Gasteiger partial charge in [0.1, 0.15) is 0 Å². The Balaban J connectivity index is 2.08. The molecule has 5 N–H and O–H groups in total. The van der Waals surface area contributed by atoms with Crippen molar-refractivity contribution in [1.82, 2.24) is 5.43 Å². The number of carbonyl (C=O) groups excluding carboxylic acids is 1. The quantitative estimate of drug-likeness (QED) is 0.262. The van der Waals surface area contributed by atoms with Crippen LogP contribution in [0.2, 0.25) is 0 Å². The van der Waals surface area contributed by atoms with Crippen molar-refractivity contribution < 1.29 is 4.79 Å². The number of benzene rings is 2. The third kappa shape index (κ3) is 3.49. The Kier molecular flexibility index (Phi) is 4.43. The number of para-hydroxylation sites is 1. The van der Waals surface area contributed by atoms with Crippen LogP contribution in [0.1, 0.15) is 15.9 Å². The molecule has 0 radical (unpaired) electrons. The van der Waals surface area contributed by atoms with Crippen molar-refractivity contribution in [2.75, 3.05) is 5.73 Å². The van der Waals surface area contributed by atoms with E-state index in [9.17, 15) is 4.79 Å². The zero-order valence-corrected chi connectivity index (χ0v) is 11.1. The molecule has 5 heteroatoms. The average Bonchev–Trinajstić information content (AvgIpc) is 2.46. The van der Waals surface area contributed by atoms with Gasteiger partial charge in [0.25, 0.3) is 5.91 Å². The molecule has 0 saturated carbocycles. The third-order valence-electron chi connectivity index (χ3n) is 2.63. The van der Waals surface area contributed by atoms with Crippen LogP contribution < -0.4 is 17.0 Å². The van der Waals surface area contributed by atoms with Crippen LogP contribution in [0.4, 0.5) is 5.69 Å². The number of amides is 1. The van der Waals surface area contributed by atoms with Gasteiger partial charge in [-0.25, -0.2) is 5.84 Å². The van der Waals surface area contributed by atoms with Gasteiger partial charge in [-0.05, 0) is 29.8 Å². The second-order valence-electron chi connectivity index (χ2n) is 4.00. The minimum atomic E-state index is -0.286. The molecule has 0 heterocycles. The van der Waals surface area contributed by atoms with E-state index < -0.39 is 0 Å². The highest BCUT2D eigenvalue weighted by Crippen LogP contribution is 2.27. The van der Waals surface area contributed by atoms with Crippen molar-refractivity contribution in [3.63, 3.8) is 0 Å². The van der Waals surface area contributed by atoms with E-state index >= 15 is 0 Å². The fourth-order valence-electron chi connectivity index (χ4n) is 1.66. The molecule has 1 amide bonds. The van der Waals surface area contributed by atoms with Gasteiger partial charge in [-0.1, -0.05) is 24.3 Å². The molecule has 0 atom stereocenters. The van der Waals surface area contributed by atoms with E-state index in [4.69, 9.17) is 11.6 Å². The summed E-state index contributed by atoms with van der Waals surface area (Å²) in [5.74, 6) is 5.58. The molecule has 19 heavy (non-hydrogen) atoms. The van der Waals surface area contributed by atoms with Crippen molar-refractivity contribution in [3.05, 3.63) is 59.7 Å². The summed E-state index contributed by atoms with van der Waals surface area (Å²) < 4.78 is 0. The smallest absolute Gasteiger partial charge is 0.265 e. The summed E-state index contributed by atoms with van der Waals surface area (Å²) >= 11 is 1.64. The largest absolute Gasteiger partial charge is 0.398 e. The number of rotatable bonds is 4. The molecule has 4 nitrogen and oxygen atoms in total. The lowest BCUT2D eigenvalue weighted by Gasteiger charge is -2.06. The maximum absolute atomic E-state index is 11.4. The maximum Gasteiger partial charge on any atom is 0.265 e. The van der Waals surface area contributed by atoms with Crippen molar-refractivity contribution in [3.8, 4) is 0 Å². The molecule has 0 aliphatic carbocycles. The summed E-state index contributed by atoms with van der Waals surface area (Å²) in [6.07, 6.45) is 0. The van der Waals surface area contributed by atoms with Crippen LogP contribution in [0.25, 0.3) is 0 Å². The van der Waals surface area contributed by atoms with E-state index in [1.54, 1.807) is 17.8 Å². The monoisotopic (exact) mass is 273 g/mol. The number of anilines is 1. The van der Waals surface area contributed by atoms with Crippen LogP contribution in [0.5, 0.6) is 0 Å². The number of nitrogens with one attached hydrogen (secondary N) is 1. The third-order valence-corrected chi connectivity index (χ3v) is 3.79. The van der Waals surface area contributed by atoms with Crippen LogP contribution in [0.15, 0.2) is 53.4 Å². The number of nitrogens with two attached hydrogens (primary N) is 2. The maximum atomic E-state index is 11.4. The molecule has 2 aromatic carbocycles. The second-order valence-corrected chi connectivity index (χ2v) is 5.02. The first-order valence-electron chi connectivity index (χ1n) is 5.78. The lowest BCUT2D eigenvalue weighted by Crippen LogP contribution is -2.29. The predicted molar refractivity (Wildman–Crippen MR) is 78.5 cm³/mol. The van der Waals surface area contributed by atoms with Gasteiger partial charge in [0.15, 0.2) is 0 Å². The molecule has 0 aliphatic heterocycles. The molecule has 0 spiro atoms. The van der Waals surface area contributed by atoms with Gasteiger partial charge in [-0.15, -0.1) is 11.8 Å². The zero-order chi connectivity index (χ0) is 13.7. The number of hydrogen-bond acceptors (Lipinski definition) is 4. The molecule has 0 unspecified atom stereocenters. The van der Waals surface area contributed by atoms with Crippen LogP contribution in [0.3, 0.4) is 0 Å². The standard InChI is InChI=1S/C14H15N3OS/c15-12-6-1-2-7-13(12)19-9-10-4-3-5-11(8-10)14(18)17-16/h1-8H,9,15-16H2,(H,17,18). The summed E-state index contributed by atoms with van der Waals surface area (Å²) in [7, 11) is 0. The first-order chi connectivity index (χ1) is 9.20. The van der Waals surface area contributed by atoms with Gasteiger partial charge >= 0.3 is 0 Å². The molecule has 98 valence electrons. The van der Waals surface area contributed by atoms with E-state index in [1.165, 1.54) is 0 Å². The number of carbonyl (C=O) groups is 1. The van der Waals surface area contributed by atoms with Gasteiger partial charge in [-0.3, -0.25) is 10.2 Å². The van der Waals surface area contributed by atoms with E-state index in [0.717, 1.165) is 21.9 Å². The Morgan fingerprint density at radius 1 is 1.16 bits per heavy atom. The van der Waals surface area contributed by atoms with Crippen molar-refractivity contribution in [2.24, 2.45) is 5.84 Å². The minimum absolute atomic E-state index is 0.286. The van der Waals surface area contributed by atoms with Gasteiger partial charge in [0.2, 0.25) is 0 Å². The van der Waals surface area contributed by atoms with Gasteiger partial charge < -0.3 is 5.73 Å². The Hall–Kier alpha value is -1.98. The molecule has 0 aliphatic rings. The van der Waals surface area contributed by atoms with E-state index in [1.807, 2.05) is 42.5 Å². The van der Waals surface area contributed by atoms with Crippen LogP contribution >= 0.6 is 11.8 Å². The molecule has 0 bridgehead atoms. The Labute approximate surface area is 116 Å².